The van der Waals surface area contributed by atoms with E-state index in [4.69, 9.17) is 28.9 Å². The molecule has 7 heteroatoms. The first-order chi connectivity index (χ1) is 10.4. The Morgan fingerprint density at radius 3 is 2.00 bits per heavy atom. The van der Waals surface area contributed by atoms with Gasteiger partial charge in [-0.1, -0.05) is 23.2 Å². The second-order valence-corrected chi connectivity index (χ2v) is 5.38. The molecule has 2 aromatic rings. The Morgan fingerprint density at radius 2 is 1.50 bits per heavy atom. The number of nitrogen functional groups attached to an aromatic ring is 1. The summed E-state index contributed by atoms with van der Waals surface area (Å²) >= 11 is 11.8. The van der Waals surface area contributed by atoms with E-state index in [0.29, 0.717) is 16.9 Å². The highest BCUT2D eigenvalue weighted by molar-refractivity contribution is 6.39. The van der Waals surface area contributed by atoms with Crippen LogP contribution in [-0.2, 0) is 4.79 Å². The van der Waals surface area contributed by atoms with Gasteiger partial charge in [-0.15, -0.1) is 0 Å². The third-order valence-corrected chi connectivity index (χ3v) is 3.43. The number of carbonyl (C=O) groups is 2. The van der Waals surface area contributed by atoms with Crippen LogP contribution in [0.15, 0.2) is 36.4 Å². The third kappa shape index (κ3) is 3.90. The van der Waals surface area contributed by atoms with Gasteiger partial charge >= 0.3 is 0 Å². The van der Waals surface area contributed by atoms with Crippen LogP contribution in [0.1, 0.15) is 17.3 Å². The van der Waals surface area contributed by atoms with E-state index in [2.05, 4.69) is 10.6 Å². The lowest BCUT2D eigenvalue weighted by Crippen LogP contribution is -2.12. The van der Waals surface area contributed by atoms with Crippen LogP contribution < -0.4 is 16.4 Å². The van der Waals surface area contributed by atoms with Crippen molar-refractivity contribution in [3.8, 4) is 0 Å². The second-order valence-electron chi connectivity index (χ2n) is 4.57. The number of carbonyl (C=O) groups excluding carboxylic acids is 2. The maximum Gasteiger partial charge on any atom is 0.255 e. The quantitative estimate of drug-likeness (QED) is 0.745. The molecule has 0 aromatic heterocycles. The minimum Gasteiger partial charge on any atom is -0.396 e. The van der Waals surface area contributed by atoms with Crippen molar-refractivity contribution in [2.75, 3.05) is 16.4 Å². The summed E-state index contributed by atoms with van der Waals surface area (Å²) in [6, 6.07) is 9.51. The van der Waals surface area contributed by atoms with E-state index < -0.39 is 0 Å². The summed E-state index contributed by atoms with van der Waals surface area (Å²) in [5.74, 6) is -0.505. The Labute approximate surface area is 137 Å². The van der Waals surface area contributed by atoms with Crippen LogP contribution in [0.3, 0.4) is 0 Å². The Hall–Kier alpha value is -2.24. The molecule has 22 heavy (non-hydrogen) atoms. The van der Waals surface area contributed by atoms with Crippen molar-refractivity contribution >= 4 is 52.1 Å². The molecule has 2 amide bonds. The average Bonchev–Trinajstić information content (AvgIpc) is 2.44. The van der Waals surface area contributed by atoms with Crippen molar-refractivity contribution < 1.29 is 9.59 Å². The number of amides is 2. The van der Waals surface area contributed by atoms with Crippen LogP contribution in [0.2, 0.25) is 10.0 Å². The number of hydrogen-bond acceptors (Lipinski definition) is 3. The first-order valence-corrected chi connectivity index (χ1v) is 7.06. The van der Waals surface area contributed by atoms with E-state index in [-0.39, 0.29) is 27.5 Å². The van der Waals surface area contributed by atoms with Gasteiger partial charge in [-0.2, -0.15) is 0 Å². The largest absolute Gasteiger partial charge is 0.396 e. The first kappa shape index (κ1) is 16.1. The topological polar surface area (TPSA) is 84.2 Å². The highest BCUT2D eigenvalue weighted by Gasteiger charge is 2.10. The van der Waals surface area contributed by atoms with Crippen molar-refractivity contribution in [1.82, 2.24) is 0 Å². The molecule has 0 heterocycles. The van der Waals surface area contributed by atoms with Gasteiger partial charge in [-0.05, 0) is 36.4 Å². The van der Waals surface area contributed by atoms with Crippen LogP contribution in [0.25, 0.3) is 0 Å². The fraction of sp³-hybridized carbons (Fsp3) is 0.0667. The first-order valence-electron chi connectivity index (χ1n) is 6.30. The molecule has 5 nitrogen and oxygen atoms in total. The Kier molecular flexibility index (Phi) is 4.90. The van der Waals surface area contributed by atoms with Crippen molar-refractivity contribution in [1.29, 1.82) is 0 Å². The standard InChI is InChI=1S/C15H13Cl2N3O2/c1-8(21)19-10-4-2-9(3-5-10)15(22)20-11-6-12(16)14(18)13(17)7-11/h2-7H,18H2,1H3,(H,19,21)(H,20,22). The summed E-state index contributed by atoms with van der Waals surface area (Å²) in [5, 5.41) is 5.83. The number of hydrogen-bond donors (Lipinski definition) is 3. The molecule has 0 saturated heterocycles. The molecule has 2 rings (SSSR count). The summed E-state index contributed by atoms with van der Waals surface area (Å²) in [6.45, 7) is 1.41. The van der Waals surface area contributed by atoms with E-state index in [9.17, 15) is 9.59 Å². The Balaban J connectivity index is 2.14. The molecule has 0 atom stereocenters. The maximum absolute atomic E-state index is 12.1. The number of rotatable bonds is 3. The van der Waals surface area contributed by atoms with Gasteiger partial charge in [0, 0.05) is 23.9 Å². The predicted molar refractivity (Wildman–Crippen MR) is 89.6 cm³/mol. The number of anilines is 3. The van der Waals surface area contributed by atoms with Crippen LogP contribution in [0.4, 0.5) is 17.1 Å². The van der Waals surface area contributed by atoms with Gasteiger partial charge in [-0.3, -0.25) is 9.59 Å². The smallest absolute Gasteiger partial charge is 0.255 e. The molecule has 0 saturated carbocycles. The molecule has 0 aliphatic carbocycles. The Morgan fingerprint density at radius 1 is 0.955 bits per heavy atom. The molecule has 4 N–H and O–H groups in total. The van der Waals surface area contributed by atoms with Crippen molar-refractivity contribution in [3.05, 3.63) is 52.0 Å². The van der Waals surface area contributed by atoms with E-state index in [0.717, 1.165) is 0 Å². The second kappa shape index (κ2) is 6.68. The zero-order valence-electron chi connectivity index (χ0n) is 11.6. The minimum atomic E-state index is -0.328. The summed E-state index contributed by atoms with van der Waals surface area (Å²) in [5.41, 5.74) is 7.39. The lowest BCUT2D eigenvalue weighted by Gasteiger charge is -2.09. The van der Waals surface area contributed by atoms with Gasteiger partial charge in [0.25, 0.3) is 5.91 Å². The number of nitrogens with two attached hydrogens (primary N) is 1. The summed E-state index contributed by atoms with van der Waals surface area (Å²) in [4.78, 5) is 23.1. The molecule has 0 radical (unpaired) electrons. The molecule has 114 valence electrons. The molecular formula is C15H13Cl2N3O2. The van der Waals surface area contributed by atoms with Gasteiger partial charge < -0.3 is 16.4 Å². The molecule has 0 aliphatic heterocycles. The van der Waals surface area contributed by atoms with Crippen LogP contribution in [0, 0.1) is 0 Å². The van der Waals surface area contributed by atoms with Gasteiger partial charge in [-0.25, -0.2) is 0 Å². The van der Waals surface area contributed by atoms with E-state index in [1.54, 1.807) is 24.3 Å². The zero-order chi connectivity index (χ0) is 16.3. The van der Waals surface area contributed by atoms with Crippen LogP contribution in [-0.4, -0.2) is 11.8 Å². The average molecular weight is 338 g/mol. The third-order valence-electron chi connectivity index (χ3n) is 2.80. The maximum atomic E-state index is 12.1. The molecule has 0 spiro atoms. The SMILES string of the molecule is CC(=O)Nc1ccc(C(=O)Nc2cc(Cl)c(N)c(Cl)c2)cc1. The normalized spacial score (nSPS) is 10.1. The molecule has 2 aromatic carbocycles. The number of nitrogens with one attached hydrogen (secondary N) is 2. The number of benzene rings is 2. The lowest BCUT2D eigenvalue weighted by molar-refractivity contribution is -0.114. The van der Waals surface area contributed by atoms with E-state index >= 15 is 0 Å². The van der Waals surface area contributed by atoms with Crippen LogP contribution >= 0.6 is 23.2 Å². The van der Waals surface area contributed by atoms with Gasteiger partial charge in [0.2, 0.25) is 5.91 Å². The van der Waals surface area contributed by atoms with Gasteiger partial charge in [0.15, 0.2) is 0 Å². The van der Waals surface area contributed by atoms with Crippen molar-refractivity contribution in [2.45, 2.75) is 6.92 Å². The zero-order valence-corrected chi connectivity index (χ0v) is 13.1. The summed E-state index contributed by atoms with van der Waals surface area (Å²) in [7, 11) is 0. The Bertz CT molecular complexity index is 707. The lowest BCUT2D eigenvalue weighted by atomic mass is 10.2. The highest BCUT2D eigenvalue weighted by atomic mass is 35.5. The fourth-order valence-electron chi connectivity index (χ4n) is 1.77. The molecule has 0 bridgehead atoms. The fourth-order valence-corrected chi connectivity index (χ4v) is 2.25. The van der Waals surface area contributed by atoms with Crippen molar-refractivity contribution in [2.24, 2.45) is 0 Å². The van der Waals surface area contributed by atoms with Crippen molar-refractivity contribution in [3.63, 3.8) is 0 Å². The van der Waals surface area contributed by atoms with E-state index in [1.165, 1.54) is 19.1 Å². The van der Waals surface area contributed by atoms with E-state index in [1.807, 2.05) is 0 Å². The highest BCUT2D eigenvalue weighted by Crippen LogP contribution is 2.31. The minimum absolute atomic E-state index is 0.177. The molecule has 0 fully saturated rings. The monoisotopic (exact) mass is 337 g/mol. The molecule has 0 unspecified atom stereocenters. The molecular weight excluding hydrogens is 325 g/mol. The predicted octanol–water partition coefficient (Wildman–Crippen LogP) is 3.79. The van der Waals surface area contributed by atoms with Gasteiger partial charge in [0.1, 0.15) is 0 Å². The number of halogens is 2. The summed E-state index contributed by atoms with van der Waals surface area (Å²) in [6.07, 6.45) is 0. The van der Waals surface area contributed by atoms with Crippen LogP contribution in [0.5, 0.6) is 0 Å². The molecule has 0 aliphatic rings. The van der Waals surface area contributed by atoms with Gasteiger partial charge in [0.05, 0.1) is 15.7 Å². The summed E-state index contributed by atoms with van der Waals surface area (Å²) < 4.78 is 0.